The van der Waals surface area contributed by atoms with Gasteiger partial charge in [-0.05, 0) is 32.4 Å². The number of hydrogen-bond donors (Lipinski definition) is 1. The smallest absolute Gasteiger partial charge is 0.252 e. The number of hydrogen-bond acceptors (Lipinski definition) is 3. The molecule has 0 atom stereocenters. The van der Waals surface area contributed by atoms with Gasteiger partial charge < -0.3 is 10.1 Å². The van der Waals surface area contributed by atoms with E-state index in [4.69, 9.17) is 9.72 Å². The third-order valence-corrected chi connectivity index (χ3v) is 4.26. The van der Waals surface area contributed by atoms with Gasteiger partial charge in [-0.15, -0.1) is 0 Å². The van der Waals surface area contributed by atoms with Crippen LogP contribution in [0.2, 0.25) is 0 Å². The second kappa shape index (κ2) is 8.59. The number of carbonyl (C=O) groups is 1. The first-order chi connectivity index (χ1) is 12.7. The summed E-state index contributed by atoms with van der Waals surface area (Å²) < 4.78 is 5.32. The quantitative estimate of drug-likeness (QED) is 0.645. The zero-order chi connectivity index (χ0) is 18.4. The Morgan fingerprint density at radius 2 is 1.88 bits per heavy atom. The van der Waals surface area contributed by atoms with Crippen LogP contribution in [0.4, 0.5) is 0 Å². The molecular formula is C22H24N2O2. The summed E-state index contributed by atoms with van der Waals surface area (Å²) in [5.41, 5.74) is 4.49. The highest BCUT2D eigenvalue weighted by molar-refractivity contribution is 6.07. The normalized spacial score (nSPS) is 10.8. The van der Waals surface area contributed by atoms with E-state index >= 15 is 0 Å². The van der Waals surface area contributed by atoms with Crippen LogP contribution in [0.25, 0.3) is 22.2 Å². The Hall–Kier alpha value is -2.72. The molecule has 3 rings (SSSR count). The van der Waals surface area contributed by atoms with Gasteiger partial charge in [0.1, 0.15) is 0 Å². The molecule has 0 fully saturated rings. The summed E-state index contributed by atoms with van der Waals surface area (Å²) in [6.45, 7) is 5.97. The maximum atomic E-state index is 12.7. The third kappa shape index (κ3) is 4.27. The van der Waals surface area contributed by atoms with Crippen LogP contribution < -0.4 is 5.32 Å². The number of ether oxygens (including phenoxy) is 1. The van der Waals surface area contributed by atoms with Gasteiger partial charge in [0.2, 0.25) is 0 Å². The second-order valence-corrected chi connectivity index (χ2v) is 6.24. The van der Waals surface area contributed by atoms with E-state index in [1.807, 2.05) is 49.4 Å². The van der Waals surface area contributed by atoms with E-state index in [0.29, 0.717) is 25.3 Å². The minimum atomic E-state index is -0.0755. The fraction of sp³-hybridized carbons (Fsp3) is 0.273. The lowest BCUT2D eigenvalue weighted by molar-refractivity contribution is 0.0946. The number of nitrogens with zero attached hydrogens (tertiary/aromatic N) is 1. The van der Waals surface area contributed by atoms with Gasteiger partial charge in [0.05, 0.1) is 16.8 Å². The average molecular weight is 348 g/mol. The van der Waals surface area contributed by atoms with Crippen molar-refractivity contribution in [1.82, 2.24) is 10.3 Å². The maximum Gasteiger partial charge on any atom is 0.252 e. The molecule has 0 saturated carbocycles. The molecule has 0 aliphatic rings. The number of benzene rings is 2. The molecule has 1 heterocycles. The lowest BCUT2D eigenvalue weighted by Gasteiger charge is -2.11. The SMILES string of the molecule is CCOCCCNC(=O)c1cc(-c2ccc(C)cc2)nc2ccccc12. The van der Waals surface area contributed by atoms with Crippen LogP contribution in [-0.4, -0.2) is 30.6 Å². The van der Waals surface area contributed by atoms with Crippen molar-refractivity contribution in [3.63, 3.8) is 0 Å². The Balaban J connectivity index is 1.90. The fourth-order valence-electron chi connectivity index (χ4n) is 2.85. The molecule has 3 aromatic rings. The first-order valence-corrected chi connectivity index (χ1v) is 9.02. The van der Waals surface area contributed by atoms with Crippen molar-refractivity contribution in [3.8, 4) is 11.3 Å². The monoisotopic (exact) mass is 348 g/mol. The first kappa shape index (κ1) is 18.1. The minimum Gasteiger partial charge on any atom is -0.382 e. The Morgan fingerprint density at radius 1 is 1.12 bits per heavy atom. The summed E-state index contributed by atoms with van der Waals surface area (Å²) >= 11 is 0. The Morgan fingerprint density at radius 3 is 2.65 bits per heavy atom. The van der Waals surface area contributed by atoms with Crippen molar-refractivity contribution < 1.29 is 9.53 Å². The summed E-state index contributed by atoms with van der Waals surface area (Å²) in [7, 11) is 0. The molecular weight excluding hydrogens is 324 g/mol. The number of nitrogens with one attached hydrogen (secondary N) is 1. The predicted octanol–water partition coefficient (Wildman–Crippen LogP) is 4.37. The second-order valence-electron chi connectivity index (χ2n) is 6.24. The van der Waals surface area contributed by atoms with Gasteiger partial charge in [-0.1, -0.05) is 48.0 Å². The van der Waals surface area contributed by atoms with Crippen molar-refractivity contribution >= 4 is 16.8 Å². The van der Waals surface area contributed by atoms with Crippen LogP contribution in [-0.2, 0) is 4.74 Å². The van der Waals surface area contributed by atoms with Gasteiger partial charge in [0.25, 0.3) is 5.91 Å². The van der Waals surface area contributed by atoms with Crippen LogP contribution in [0.5, 0.6) is 0 Å². The van der Waals surface area contributed by atoms with Crippen molar-refractivity contribution in [2.24, 2.45) is 0 Å². The van der Waals surface area contributed by atoms with E-state index in [2.05, 4.69) is 24.4 Å². The van der Waals surface area contributed by atoms with Gasteiger partial charge in [-0.3, -0.25) is 4.79 Å². The first-order valence-electron chi connectivity index (χ1n) is 9.02. The van der Waals surface area contributed by atoms with Gasteiger partial charge in [0, 0.05) is 30.7 Å². The van der Waals surface area contributed by atoms with E-state index in [9.17, 15) is 4.79 Å². The van der Waals surface area contributed by atoms with Gasteiger partial charge in [-0.2, -0.15) is 0 Å². The molecule has 0 unspecified atom stereocenters. The molecule has 1 aromatic heterocycles. The zero-order valence-corrected chi connectivity index (χ0v) is 15.3. The highest BCUT2D eigenvalue weighted by Gasteiger charge is 2.13. The van der Waals surface area contributed by atoms with Crippen molar-refractivity contribution in [2.45, 2.75) is 20.3 Å². The molecule has 0 aliphatic heterocycles. The van der Waals surface area contributed by atoms with Crippen LogP contribution in [0.15, 0.2) is 54.6 Å². The minimum absolute atomic E-state index is 0.0755. The molecule has 4 heteroatoms. The number of carbonyl (C=O) groups excluding carboxylic acids is 1. The molecule has 4 nitrogen and oxygen atoms in total. The third-order valence-electron chi connectivity index (χ3n) is 4.26. The van der Waals surface area contributed by atoms with Crippen LogP contribution in [0.1, 0.15) is 29.3 Å². The average Bonchev–Trinajstić information content (AvgIpc) is 2.67. The van der Waals surface area contributed by atoms with Crippen LogP contribution in [0, 0.1) is 6.92 Å². The molecule has 0 radical (unpaired) electrons. The lowest BCUT2D eigenvalue weighted by atomic mass is 10.0. The molecule has 0 aliphatic carbocycles. The molecule has 26 heavy (non-hydrogen) atoms. The zero-order valence-electron chi connectivity index (χ0n) is 15.3. The van der Waals surface area contributed by atoms with Crippen molar-refractivity contribution in [2.75, 3.05) is 19.8 Å². The van der Waals surface area contributed by atoms with E-state index in [1.54, 1.807) is 0 Å². The van der Waals surface area contributed by atoms with Gasteiger partial charge >= 0.3 is 0 Å². The number of para-hydroxylation sites is 1. The summed E-state index contributed by atoms with van der Waals surface area (Å²) in [6.07, 6.45) is 0.799. The largest absolute Gasteiger partial charge is 0.382 e. The molecule has 1 N–H and O–H groups in total. The number of pyridine rings is 1. The number of fused-ring (bicyclic) bond motifs is 1. The topological polar surface area (TPSA) is 51.2 Å². The highest BCUT2D eigenvalue weighted by atomic mass is 16.5. The summed E-state index contributed by atoms with van der Waals surface area (Å²) in [5.74, 6) is -0.0755. The summed E-state index contributed by atoms with van der Waals surface area (Å²) in [6, 6.07) is 17.8. The number of aromatic nitrogens is 1. The van der Waals surface area contributed by atoms with Crippen LogP contribution in [0.3, 0.4) is 0 Å². The van der Waals surface area contributed by atoms with E-state index in [0.717, 1.165) is 28.6 Å². The molecule has 0 bridgehead atoms. The van der Waals surface area contributed by atoms with Crippen molar-refractivity contribution in [3.05, 3.63) is 65.7 Å². The molecule has 134 valence electrons. The lowest BCUT2D eigenvalue weighted by Crippen LogP contribution is -2.25. The Kier molecular flexibility index (Phi) is 5.97. The van der Waals surface area contributed by atoms with Gasteiger partial charge in [-0.25, -0.2) is 4.98 Å². The maximum absolute atomic E-state index is 12.7. The van der Waals surface area contributed by atoms with E-state index < -0.39 is 0 Å². The summed E-state index contributed by atoms with van der Waals surface area (Å²) in [5, 5.41) is 3.86. The van der Waals surface area contributed by atoms with Gasteiger partial charge in [0.15, 0.2) is 0 Å². The molecule has 0 spiro atoms. The highest BCUT2D eigenvalue weighted by Crippen LogP contribution is 2.25. The van der Waals surface area contributed by atoms with Crippen LogP contribution >= 0.6 is 0 Å². The summed E-state index contributed by atoms with van der Waals surface area (Å²) in [4.78, 5) is 17.5. The standard InChI is InChI=1S/C22H24N2O2/c1-3-26-14-6-13-23-22(25)19-15-21(17-11-9-16(2)10-12-17)24-20-8-5-4-7-18(19)20/h4-5,7-12,15H,3,6,13-14H2,1-2H3,(H,23,25). The number of aryl methyl sites for hydroxylation is 1. The number of amides is 1. The fourth-order valence-corrected chi connectivity index (χ4v) is 2.85. The Labute approximate surface area is 154 Å². The van der Waals surface area contributed by atoms with E-state index in [1.165, 1.54) is 5.56 Å². The van der Waals surface area contributed by atoms with E-state index in [-0.39, 0.29) is 5.91 Å². The molecule has 1 amide bonds. The predicted molar refractivity (Wildman–Crippen MR) is 105 cm³/mol. The molecule has 0 saturated heterocycles. The Bertz CT molecular complexity index is 888. The molecule has 2 aromatic carbocycles. The number of rotatable bonds is 7. The van der Waals surface area contributed by atoms with Crippen molar-refractivity contribution in [1.29, 1.82) is 0 Å².